The number of aliphatic hydroxyl groups excluding tert-OH is 1. The first-order valence-electron chi connectivity index (χ1n) is 3.17. The molecule has 0 aliphatic rings. The van der Waals surface area contributed by atoms with E-state index in [4.69, 9.17) is 5.11 Å². The highest BCUT2D eigenvalue weighted by molar-refractivity contribution is 5.59. The first-order chi connectivity index (χ1) is 4.76. The average molecular weight is 142 g/mol. The van der Waals surface area contributed by atoms with Gasteiger partial charge in [-0.3, -0.25) is 9.59 Å². The van der Waals surface area contributed by atoms with Crippen LogP contribution >= 0.6 is 0 Å². The summed E-state index contributed by atoms with van der Waals surface area (Å²) in [6.07, 6.45) is 2.63. The number of hydrogen-bond donors (Lipinski definition) is 1. The molecule has 2 atom stereocenters. The fraction of sp³-hybridized carbons (Fsp3) is 0.714. The van der Waals surface area contributed by atoms with Crippen LogP contribution in [0, 0.1) is 5.92 Å². The molecule has 3 nitrogen and oxygen atoms in total. The van der Waals surface area contributed by atoms with Crippen LogP contribution in [0.1, 0.15) is 19.8 Å². The zero-order valence-electron chi connectivity index (χ0n) is 5.83. The Bertz CT molecular complexity index is 111. The van der Waals surface area contributed by atoms with Crippen LogP contribution in [0.2, 0.25) is 0 Å². The van der Waals surface area contributed by atoms with E-state index in [9.17, 15) is 9.59 Å². The van der Waals surface area contributed by atoms with E-state index in [1.165, 1.54) is 6.29 Å². The molecule has 0 aromatic carbocycles. The molecule has 0 bridgehead atoms. The lowest BCUT2D eigenvalue weighted by atomic mass is 9.97. The molecule has 0 amide bonds. The molecule has 0 aromatic heterocycles. The second-order valence-corrected chi connectivity index (χ2v) is 2.08. The maximum Gasteiger partial charge on any atom is 0.229 e. The van der Waals surface area contributed by atoms with Crippen LogP contribution in [0.25, 0.3) is 0 Å². The van der Waals surface area contributed by atoms with E-state index < -0.39 is 6.10 Å². The first-order valence-corrected chi connectivity index (χ1v) is 3.17. The molecule has 3 heteroatoms. The third-order valence-corrected chi connectivity index (χ3v) is 1.44. The Morgan fingerprint density at radius 1 is 1.50 bits per heavy atom. The van der Waals surface area contributed by atoms with Gasteiger partial charge in [-0.1, -0.05) is 6.92 Å². The minimum atomic E-state index is -1.13. The van der Waals surface area contributed by atoms with Gasteiger partial charge in [-0.15, -0.1) is 0 Å². The lowest BCUT2D eigenvalue weighted by molar-refractivity contribution is 0.165. The van der Waals surface area contributed by atoms with Crippen LogP contribution in [-0.4, -0.2) is 23.8 Å². The summed E-state index contributed by atoms with van der Waals surface area (Å²) in [6.45, 7) is 1.79. The van der Waals surface area contributed by atoms with Crippen LogP contribution < -0.4 is 0 Å². The van der Waals surface area contributed by atoms with Gasteiger partial charge in [0.05, 0.1) is 0 Å². The number of carbonyl (C=O) groups excluding carboxylic acids is 2. The molecule has 0 heterocycles. The molecule has 0 rings (SSSR count). The highest BCUT2D eigenvalue weighted by Crippen LogP contribution is 2.09. The predicted molar refractivity (Wildman–Crippen MR) is 35.8 cm³/mol. The summed E-state index contributed by atoms with van der Waals surface area (Å²) in [5, 5.41) is 8.85. The smallest absolute Gasteiger partial charge is 0.229 e. The maximum absolute atomic E-state index is 9.88. The van der Waals surface area contributed by atoms with Crippen LogP contribution in [0.5, 0.6) is 0 Å². The van der Waals surface area contributed by atoms with Crippen molar-refractivity contribution >= 4 is 12.6 Å². The van der Waals surface area contributed by atoms with Gasteiger partial charge >= 0.3 is 0 Å². The summed E-state index contributed by atoms with van der Waals surface area (Å²) in [4.78, 5) is 19.7. The standard InChI is InChI=1S/C7H10O3/c1-2-6(3-4-8)7(10)5-9/h6-7,10H,2-3H2,1H3. The minimum absolute atomic E-state index is 0.104. The van der Waals surface area contributed by atoms with Crippen molar-refractivity contribution in [2.24, 2.45) is 5.92 Å². The van der Waals surface area contributed by atoms with Crippen molar-refractivity contribution in [1.82, 2.24) is 0 Å². The van der Waals surface area contributed by atoms with Gasteiger partial charge in [0, 0.05) is 6.42 Å². The molecule has 0 saturated carbocycles. The molecule has 0 aliphatic heterocycles. The second-order valence-electron chi connectivity index (χ2n) is 2.08. The van der Waals surface area contributed by atoms with Crippen molar-refractivity contribution in [3.05, 3.63) is 0 Å². The van der Waals surface area contributed by atoms with Gasteiger partial charge in [-0.05, 0) is 12.3 Å². The fourth-order valence-corrected chi connectivity index (χ4v) is 0.682. The Morgan fingerprint density at radius 2 is 2.10 bits per heavy atom. The molecule has 0 spiro atoms. The quantitative estimate of drug-likeness (QED) is 0.587. The van der Waals surface area contributed by atoms with Crippen LogP contribution in [0.15, 0.2) is 0 Å². The average Bonchev–Trinajstić information content (AvgIpc) is 1.99. The van der Waals surface area contributed by atoms with Crippen molar-refractivity contribution in [1.29, 1.82) is 0 Å². The van der Waals surface area contributed by atoms with E-state index in [0.29, 0.717) is 6.42 Å². The molecule has 0 aromatic rings. The summed E-state index contributed by atoms with van der Waals surface area (Å²) < 4.78 is 0. The number of aliphatic hydroxyl groups is 1. The normalized spacial score (nSPS) is 15.8. The third-order valence-electron chi connectivity index (χ3n) is 1.44. The Morgan fingerprint density at radius 3 is 2.40 bits per heavy atom. The lowest BCUT2D eigenvalue weighted by Crippen LogP contribution is -2.21. The molecular formula is C7H10O3. The predicted octanol–water partition coefficient (Wildman–Crippen LogP) is -0.0170. The molecular weight excluding hydrogens is 132 g/mol. The highest BCUT2D eigenvalue weighted by atomic mass is 16.3. The molecule has 1 N–H and O–H groups in total. The summed E-state index contributed by atoms with van der Waals surface area (Å²) >= 11 is 0. The zero-order chi connectivity index (χ0) is 7.98. The second kappa shape index (κ2) is 5.11. The molecule has 2 unspecified atom stereocenters. The van der Waals surface area contributed by atoms with Gasteiger partial charge in [0.1, 0.15) is 6.10 Å². The molecule has 2 radical (unpaired) electrons. The van der Waals surface area contributed by atoms with Gasteiger partial charge in [0.15, 0.2) is 6.29 Å². The van der Waals surface area contributed by atoms with Gasteiger partial charge < -0.3 is 5.11 Å². The van der Waals surface area contributed by atoms with Gasteiger partial charge in [0.2, 0.25) is 6.29 Å². The molecule has 0 fully saturated rings. The van der Waals surface area contributed by atoms with Gasteiger partial charge in [-0.2, -0.15) is 0 Å². The summed E-state index contributed by atoms with van der Waals surface area (Å²) in [6, 6.07) is 0. The molecule has 10 heavy (non-hydrogen) atoms. The molecule has 0 saturated heterocycles. The first kappa shape index (κ1) is 9.30. The third kappa shape index (κ3) is 2.73. The van der Waals surface area contributed by atoms with E-state index in [-0.39, 0.29) is 12.3 Å². The largest absolute Gasteiger partial charge is 0.385 e. The lowest BCUT2D eigenvalue weighted by Gasteiger charge is -2.11. The van der Waals surface area contributed by atoms with Crippen LogP contribution in [-0.2, 0) is 9.59 Å². The number of hydrogen-bond acceptors (Lipinski definition) is 3. The van der Waals surface area contributed by atoms with Crippen molar-refractivity contribution in [3.8, 4) is 0 Å². The zero-order valence-corrected chi connectivity index (χ0v) is 5.83. The Kier molecular flexibility index (Phi) is 4.76. The van der Waals surface area contributed by atoms with Crippen LogP contribution in [0.4, 0.5) is 0 Å². The summed E-state index contributed by atoms with van der Waals surface area (Å²) in [7, 11) is 0. The Balaban J connectivity index is 3.78. The molecule has 0 aliphatic carbocycles. The maximum atomic E-state index is 9.88. The van der Waals surface area contributed by atoms with Crippen molar-refractivity contribution in [3.63, 3.8) is 0 Å². The van der Waals surface area contributed by atoms with Gasteiger partial charge in [0.25, 0.3) is 0 Å². The van der Waals surface area contributed by atoms with E-state index in [1.807, 2.05) is 0 Å². The van der Waals surface area contributed by atoms with E-state index in [0.717, 1.165) is 0 Å². The van der Waals surface area contributed by atoms with Gasteiger partial charge in [-0.25, -0.2) is 0 Å². The fourth-order valence-electron chi connectivity index (χ4n) is 0.682. The summed E-state index contributed by atoms with van der Waals surface area (Å²) in [5.74, 6) is -0.310. The Labute approximate surface area is 60.0 Å². The van der Waals surface area contributed by atoms with E-state index >= 15 is 0 Å². The summed E-state index contributed by atoms with van der Waals surface area (Å²) in [5.41, 5.74) is 0. The SMILES string of the molecule is CCC(C[C]=O)C(O)[C]=O. The highest BCUT2D eigenvalue weighted by Gasteiger charge is 2.16. The van der Waals surface area contributed by atoms with Crippen molar-refractivity contribution in [2.45, 2.75) is 25.9 Å². The van der Waals surface area contributed by atoms with E-state index in [2.05, 4.69) is 0 Å². The van der Waals surface area contributed by atoms with Crippen molar-refractivity contribution < 1.29 is 14.7 Å². The topological polar surface area (TPSA) is 54.4 Å². The molecule has 56 valence electrons. The minimum Gasteiger partial charge on any atom is -0.385 e. The Hall–Kier alpha value is -0.700. The van der Waals surface area contributed by atoms with Crippen LogP contribution in [0.3, 0.4) is 0 Å². The van der Waals surface area contributed by atoms with E-state index in [1.54, 1.807) is 13.2 Å². The number of rotatable bonds is 5. The monoisotopic (exact) mass is 142 g/mol. The van der Waals surface area contributed by atoms with Crippen molar-refractivity contribution in [2.75, 3.05) is 0 Å².